The van der Waals surface area contributed by atoms with Crippen LogP contribution >= 0.6 is 0 Å². The zero-order valence-corrected chi connectivity index (χ0v) is 7.74. The second kappa shape index (κ2) is 3.48. The van der Waals surface area contributed by atoms with Gasteiger partial charge in [-0.25, -0.2) is 11.5 Å². The summed E-state index contributed by atoms with van der Waals surface area (Å²) >= 11 is 0. The van der Waals surface area contributed by atoms with E-state index in [0.717, 1.165) is 6.42 Å². The first-order valence-corrected chi connectivity index (χ1v) is 4.83. The maximum atomic E-state index is 9.67. The summed E-state index contributed by atoms with van der Waals surface area (Å²) in [5, 5.41) is 28.9. The Morgan fingerprint density at radius 2 is 1.93 bits per heavy atom. The van der Waals surface area contributed by atoms with Crippen molar-refractivity contribution >= 4 is 0 Å². The summed E-state index contributed by atoms with van der Waals surface area (Å²) in [6.07, 6.45) is -1.92. The van der Waals surface area contributed by atoms with Gasteiger partial charge in [-0.05, 0) is 12.8 Å². The van der Waals surface area contributed by atoms with Crippen molar-refractivity contribution in [3.05, 3.63) is 11.4 Å². The molecule has 5 nitrogen and oxygen atoms in total. The van der Waals surface area contributed by atoms with Gasteiger partial charge in [0.25, 0.3) is 0 Å². The monoisotopic (exact) mass is 198 g/mol. The molecule has 0 radical (unpaired) electrons. The molecule has 0 amide bonds. The molecule has 5 atom stereocenters. The second-order valence-electron chi connectivity index (χ2n) is 3.96. The molecule has 2 heterocycles. The first-order valence-electron chi connectivity index (χ1n) is 4.83. The lowest BCUT2D eigenvalue weighted by molar-refractivity contribution is -0.0287. The molecule has 0 aromatic rings. The summed E-state index contributed by atoms with van der Waals surface area (Å²) in [5.41, 5.74) is 0. The molecule has 3 N–H and O–H groups in total. The minimum Gasteiger partial charge on any atom is -0.391 e. The van der Waals surface area contributed by atoms with Crippen LogP contribution in [0.2, 0.25) is 0 Å². The molecule has 2 saturated heterocycles. The van der Waals surface area contributed by atoms with Gasteiger partial charge in [0.15, 0.2) is 6.10 Å². The third-order valence-corrected chi connectivity index (χ3v) is 3.17. The van der Waals surface area contributed by atoms with E-state index in [1.807, 2.05) is 0 Å². The van der Waals surface area contributed by atoms with Gasteiger partial charge in [0.1, 0.15) is 6.10 Å². The van der Waals surface area contributed by atoms with Crippen LogP contribution < -0.4 is 0 Å². The van der Waals surface area contributed by atoms with E-state index in [0.29, 0.717) is 13.0 Å². The van der Waals surface area contributed by atoms with Crippen molar-refractivity contribution in [3.63, 3.8) is 0 Å². The standard InChI is InChI=1S/C9H14N2O3/c1-10-9-8(14)7(13)6-5(12)3-2-4-11(6)9/h5-9,12-14H,2-4H2/t5-,6+,7-,8?,9-/m0/s1. The van der Waals surface area contributed by atoms with E-state index in [2.05, 4.69) is 4.85 Å². The predicted octanol–water partition coefficient (Wildman–Crippen LogP) is -1.21. The normalized spacial score (nSPS) is 48.6. The molecular formula is C9H14N2O3. The fourth-order valence-corrected chi connectivity index (χ4v) is 2.48. The van der Waals surface area contributed by atoms with Gasteiger partial charge in [-0.15, -0.1) is 0 Å². The summed E-state index contributed by atoms with van der Waals surface area (Å²) in [4.78, 5) is 5.01. The maximum Gasteiger partial charge on any atom is 0.308 e. The molecule has 0 aromatic heterocycles. The van der Waals surface area contributed by atoms with Crippen LogP contribution in [-0.2, 0) is 0 Å². The number of hydrogen-bond acceptors (Lipinski definition) is 4. The highest BCUT2D eigenvalue weighted by molar-refractivity contribution is 5.07. The van der Waals surface area contributed by atoms with Crippen molar-refractivity contribution in [1.29, 1.82) is 0 Å². The Balaban J connectivity index is 2.25. The minimum atomic E-state index is -1.05. The van der Waals surface area contributed by atoms with Crippen LogP contribution in [0.3, 0.4) is 0 Å². The highest BCUT2D eigenvalue weighted by Gasteiger charge is 2.55. The van der Waals surface area contributed by atoms with Crippen LogP contribution in [0.1, 0.15) is 12.8 Å². The molecular weight excluding hydrogens is 184 g/mol. The van der Waals surface area contributed by atoms with Gasteiger partial charge in [0, 0.05) is 6.54 Å². The van der Waals surface area contributed by atoms with Gasteiger partial charge < -0.3 is 15.3 Å². The highest BCUT2D eigenvalue weighted by Crippen LogP contribution is 2.32. The van der Waals surface area contributed by atoms with Crippen LogP contribution in [0.5, 0.6) is 0 Å². The first-order chi connectivity index (χ1) is 6.66. The molecule has 0 bridgehead atoms. The SMILES string of the molecule is [C-]#[N+][C@@H]1C(O)[C@@H](O)[C@H]2[C@@H](O)CCCN21. The summed E-state index contributed by atoms with van der Waals surface area (Å²) in [7, 11) is 0. The van der Waals surface area contributed by atoms with Crippen molar-refractivity contribution < 1.29 is 15.3 Å². The summed E-state index contributed by atoms with van der Waals surface area (Å²) in [6.45, 7) is 7.61. The minimum absolute atomic E-state index is 0.460. The highest BCUT2D eigenvalue weighted by atomic mass is 16.3. The van der Waals surface area contributed by atoms with Crippen molar-refractivity contribution in [2.75, 3.05) is 6.54 Å². The molecule has 5 heteroatoms. The Kier molecular flexibility index (Phi) is 2.45. The fraction of sp³-hybridized carbons (Fsp3) is 0.889. The number of rotatable bonds is 0. The van der Waals surface area contributed by atoms with Crippen molar-refractivity contribution in [1.82, 2.24) is 4.90 Å². The van der Waals surface area contributed by atoms with E-state index < -0.39 is 30.5 Å². The third kappa shape index (κ3) is 1.23. The molecule has 0 spiro atoms. The van der Waals surface area contributed by atoms with Crippen LogP contribution in [0.4, 0.5) is 0 Å². The number of nitrogens with zero attached hydrogens (tertiary/aromatic N) is 2. The smallest absolute Gasteiger partial charge is 0.308 e. The Labute approximate surface area is 82.4 Å². The van der Waals surface area contributed by atoms with E-state index in [4.69, 9.17) is 6.57 Å². The quantitative estimate of drug-likeness (QED) is 0.427. The summed E-state index contributed by atoms with van der Waals surface area (Å²) in [6, 6.07) is -0.460. The Bertz CT molecular complexity index is 265. The molecule has 0 aromatic carbocycles. The largest absolute Gasteiger partial charge is 0.391 e. The van der Waals surface area contributed by atoms with E-state index >= 15 is 0 Å². The number of piperidine rings is 1. The fourth-order valence-electron chi connectivity index (χ4n) is 2.48. The Hall–Kier alpha value is -0.670. The average molecular weight is 198 g/mol. The molecule has 78 valence electrons. The van der Waals surface area contributed by atoms with Gasteiger partial charge in [-0.1, -0.05) is 0 Å². The Morgan fingerprint density at radius 3 is 2.57 bits per heavy atom. The molecule has 2 aliphatic rings. The van der Waals surface area contributed by atoms with Gasteiger partial charge >= 0.3 is 6.17 Å². The lowest BCUT2D eigenvalue weighted by atomic mass is 9.97. The van der Waals surface area contributed by atoms with Crippen molar-refractivity contribution in [2.45, 2.75) is 43.4 Å². The first kappa shape index (κ1) is 9.87. The number of aliphatic hydroxyl groups is 3. The molecule has 1 unspecified atom stereocenters. The lowest BCUT2D eigenvalue weighted by Crippen LogP contribution is -2.50. The topological polar surface area (TPSA) is 68.3 Å². The van der Waals surface area contributed by atoms with E-state index in [-0.39, 0.29) is 0 Å². The summed E-state index contributed by atoms with van der Waals surface area (Å²) in [5.74, 6) is 0. The van der Waals surface area contributed by atoms with Gasteiger partial charge in [-0.3, -0.25) is 4.85 Å². The number of fused-ring (bicyclic) bond motifs is 1. The average Bonchev–Trinajstić information content (AvgIpc) is 2.41. The second-order valence-corrected chi connectivity index (χ2v) is 3.96. The molecule has 14 heavy (non-hydrogen) atoms. The van der Waals surface area contributed by atoms with Crippen LogP contribution in [-0.4, -0.2) is 57.3 Å². The number of hydrogen-bond donors (Lipinski definition) is 3. The lowest BCUT2D eigenvalue weighted by Gasteiger charge is -2.33. The predicted molar refractivity (Wildman–Crippen MR) is 48.1 cm³/mol. The zero-order valence-electron chi connectivity index (χ0n) is 7.74. The molecule has 2 aliphatic heterocycles. The molecule has 0 saturated carbocycles. The van der Waals surface area contributed by atoms with E-state index in [1.165, 1.54) is 0 Å². The van der Waals surface area contributed by atoms with Crippen LogP contribution in [0.25, 0.3) is 4.85 Å². The Morgan fingerprint density at radius 1 is 1.21 bits per heavy atom. The zero-order chi connectivity index (χ0) is 10.3. The number of aliphatic hydroxyl groups excluding tert-OH is 3. The van der Waals surface area contributed by atoms with E-state index in [1.54, 1.807) is 4.90 Å². The van der Waals surface area contributed by atoms with Gasteiger partial charge in [0.05, 0.1) is 12.1 Å². The van der Waals surface area contributed by atoms with Gasteiger partial charge in [-0.2, -0.15) is 0 Å². The third-order valence-electron chi connectivity index (χ3n) is 3.17. The van der Waals surface area contributed by atoms with E-state index in [9.17, 15) is 15.3 Å². The maximum absolute atomic E-state index is 9.67. The van der Waals surface area contributed by atoms with Crippen LogP contribution in [0.15, 0.2) is 0 Å². The molecule has 2 rings (SSSR count). The van der Waals surface area contributed by atoms with Crippen LogP contribution in [0, 0.1) is 6.57 Å². The molecule has 2 fully saturated rings. The van der Waals surface area contributed by atoms with Crippen molar-refractivity contribution in [3.8, 4) is 0 Å². The molecule has 0 aliphatic carbocycles. The summed E-state index contributed by atoms with van der Waals surface area (Å²) < 4.78 is 0. The van der Waals surface area contributed by atoms with Crippen molar-refractivity contribution in [2.24, 2.45) is 0 Å². The van der Waals surface area contributed by atoms with Gasteiger partial charge in [0.2, 0.25) is 0 Å².